The van der Waals surface area contributed by atoms with Crippen molar-refractivity contribution >= 4 is 6.16 Å². The zero-order valence-corrected chi connectivity index (χ0v) is 18.4. The molecule has 3 rings (SSSR count). The Balaban J connectivity index is 1.75. The second kappa shape index (κ2) is 9.81. The van der Waals surface area contributed by atoms with Crippen molar-refractivity contribution in [3.8, 4) is 23.0 Å². The van der Waals surface area contributed by atoms with Crippen molar-refractivity contribution in [3.05, 3.63) is 76.6 Å². The van der Waals surface area contributed by atoms with Crippen molar-refractivity contribution in [2.45, 2.75) is 33.6 Å². The van der Waals surface area contributed by atoms with Crippen LogP contribution in [0.15, 0.2) is 48.5 Å². The fourth-order valence-corrected chi connectivity index (χ4v) is 3.15. The predicted molar refractivity (Wildman–Crippen MR) is 114 cm³/mol. The molecule has 174 valence electrons. The highest BCUT2D eigenvalue weighted by Crippen LogP contribution is 2.31. The number of hydrogen-bond donors (Lipinski definition) is 0. The maximum atomic E-state index is 12.3. The number of aromatic nitrogens is 1. The van der Waals surface area contributed by atoms with Crippen molar-refractivity contribution in [2.24, 2.45) is 0 Å². The quantitative estimate of drug-likeness (QED) is 0.394. The zero-order chi connectivity index (χ0) is 24.2. The third-order valence-corrected chi connectivity index (χ3v) is 4.88. The van der Waals surface area contributed by atoms with Gasteiger partial charge in [0, 0.05) is 28.9 Å². The molecule has 0 bridgehead atoms. The van der Waals surface area contributed by atoms with Crippen LogP contribution < -0.4 is 14.2 Å². The molecule has 33 heavy (non-hydrogen) atoms. The molecule has 0 radical (unpaired) electrons. The normalized spacial score (nSPS) is 11.1. The lowest BCUT2D eigenvalue weighted by molar-refractivity contribution is -0.274. The fraction of sp³-hybridized carbons (Fsp3) is 0.250. The van der Waals surface area contributed by atoms with E-state index >= 15 is 0 Å². The van der Waals surface area contributed by atoms with E-state index in [-0.39, 0.29) is 5.75 Å². The van der Waals surface area contributed by atoms with Gasteiger partial charge in [-0.15, -0.1) is 13.2 Å². The summed E-state index contributed by atoms with van der Waals surface area (Å²) in [5.41, 5.74) is 3.92. The summed E-state index contributed by atoms with van der Waals surface area (Å²) < 4.78 is 56.4. The summed E-state index contributed by atoms with van der Waals surface area (Å²) in [5.74, 6) is 0.963. The van der Waals surface area contributed by atoms with E-state index in [0.717, 1.165) is 28.1 Å². The average molecular weight is 461 g/mol. The molecular formula is C24H22F3NO5. The molecule has 1 heterocycles. The van der Waals surface area contributed by atoms with E-state index < -0.39 is 12.5 Å². The highest BCUT2D eigenvalue weighted by Gasteiger charge is 2.31. The third-order valence-electron chi connectivity index (χ3n) is 4.88. The van der Waals surface area contributed by atoms with Gasteiger partial charge in [0.05, 0.1) is 7.11 Å². The number of aryl methyl sites for hydroxylation is 2. The largest absolute Gasteiger partial charge is 0.573 e. The van der Waals surface area contributed by atoms with Crippen LogP contribution in [0.4, 0.5) is 18.0 Å². The third kappa shape index (κ3) is 6.38. The number of methoxy groups -OCH3 is 1. The minimum atomic E-state index is -4.75. The summed E-state index contributed by atoms with van der Waals surface area (Å²) in [4.78, 5) is 16.3. The number of benzene rings is 2. The molecule has 0 amide bonds. The van der Waals surface area contributed by atoms with Gasteiger partial charge in [0.25, 0.3) is 0 Å². The first-order chi connectivity index (χ1) is 15.6. The van der Waals surface area contributed by atoms with Crippen molar-refractivity contribution in [1.82, 2.24) is 4.98 Å². The molecule has 0 fully saturated rings. The van der Waals surface area contributed by atoms with Crippen molar-refractivity contribution in [2.75, 3.05) is 7.11 Å². The Morgan fingerprint density at radius 2 is 1.42 bits per heavy atom. The molecule has 6 nitrogen and oxygen atoms in total. The number of nitrogens with zero attached hydrogens (tertiary/aromatic N) is 1. The maximum Gasteiger partial charge on any atom is 0.573 e. The number of hydrogen-bond acceptors (Lipinski definition) is 6. The Labute approximate surface area is 188 Å². The van der Waals surface area contributed by atoms with Gasteiger partial charge < -0.3 is 18.9 Å². The lowest BCUT2D eigenvalue weighted by Crippen LogP contribution is -2.16. The zero-order valence-electron chi connectivity index (χ0n) is 18.4. The summed E-state index contributed by atoms with van der Waals surface area (Å²) in [5, 5.41) is 0. The number of rotatable bonds is 6. The summed E-state index contributed by atoms with van der Waals surface area (Å²) >= 11 is 0. The Bertz CT molecular complexity index is 1130. The molecule has 9 heteroatoms. The Hall–Kier alpha value is -3.75. The summed E-state index contributed by atoms with van der Waals surface area (Å²) in [6.07, 6.45) is -5.10. The first-order valence-electron chi connectivity index (χ1n) is 9.91. The van der Waals surface area contributed by atoms with Gasteiger partial charge in [-0.3, -0.25) is 4.98 Å². The number of alkyl halides is 3. The van der Waals surface area contributed by atoms with E-state index in [0.29, 0.717) is 23.7 Å². The second-order valence-electron chi connectivity index (χ2n) is 7.21. The van der Waals surface area contributed by atoms with E-state index in [1.807, 2.05) is 32.9 Å². The van der Waals surface area contributed by atoms with Crippen LogP contribution in [0.5, 0.6) is 23.0 Å². The first kappa shape index (κ1) is 23.9. The topological polar surface area (TPSA) is 66.9 Å². The van der Waals surface area contributed by atoms with Crippen LogP contribution in [0.1, 0.15) is 28.1 Å². The van der Waals surface area contributed by atoms with Gasteiger partial charge >= 0.3 is 12.5 Å². The summed E-state index contributed by atoms with van der Waals surface area (Å²) in [6.45, 7) is 5.51. The number of carbonyl (C=O) groups excluding carboxylic acids is 1. The van der Waals surface area contributed by atoms with Gasteiger partial charge in [0.15, 0.2) is 0 Å². The molecule has 1 aromatic heterocycles. The number of carbonyl (C=O) groups is 1. The number of pyridine rings is 1. The molecule has 3 aromatic rings. The van der Waals surface area contributed by atoms with Crippen LogP contribution in [0.2, 0.25) is 0 Å². The second-order valence-corrected chi connectivity index (χ2v) is 7.21. The first-order valence-corrected chi connectivity index (χ1v) is 9.91. The lowest BCUT2D eigenvalue weighted by Gasteiger charge is -2.16. The maximum absolute atomic E-state index is 12.3. The Morgan fingerprint density at radius 3 is 1.97 bits per heavy atom. The SMILES string of the molecule is COC(=O)Oc1c(C)c(C)nc(C)c1Cc1ccc(Oc2ccc(OC(F)(F)F)cc2)cc1. The molecule has 0 unspecified atom stereocenters. The van der Waals surface area contributed by atoms with Crippen molar-refractivity contribution in [3.63, 3.8) is 0 Å². The molecule has 0 aliphatic rings. The van der Waals surface area contributed by atoms with Crippen molar-refractivity contribution in [1.29, 1.82) is 0 Å². The summed E-state index contributed by atoms with van der Waals surface area (Å²) in [7, 11) is 1.24. The van der Waals surface area contributed by atoms with E-state index in [4.69, 9.17) is 9.47 Å². The molecule has 0 N–H and O–H groups in total. The smallest absolute Gasteiger partial charge is 0.457 e. The van der Waals surface area contributed by atoms with Crippen molar-refractivity contribution < 1.29 is 36.9 Å². The van der Waals surface area contributed by atoms with Crippen LogP contribution in [0, 0.1) is 20.8 Å². The fourth-order valence-electron chi connectivity index (χ4n) is 3.15. The van der Waals surface area contributed by atoms with Gasteiger partial charge in [-0.25, -0.2) is 4.79 Å². The number of halogens is 3. The van der Waals surface area contributed by atoms with Gasteiger partial charge in [0.2, 0.25) is 0 Å². The highest BCUT2D eigenvalue weighted by molar-refractivity contribution is 5.66. The monoisotopic (exact) mass is 461 g/mol. The highest BCUT2D eigenvalue weighted by atomic mass is 19.4. The van der Waals surface area contributed by atoms with Gasteiger partial charge in [-0.1, -0.05) is 12.1 Å². The van der Waals surface area contributed by atoms with Crippen LogP contribution in [0.3, 0.4) is 0 Å². The molecule has 0 aliphatic heterocycles. The molecule has 0 saturated heterocycles. The van der Waals surface area contributed by atoms with Crippen LogP contribution >= 0.6 is 0 Å². The summed E-state index contributed by atoms with van der Waals surface area (Å²) in [6, 6.07) is 12.3. The molecule has 0 aliphatic carbocycles. The number of ether oxygens (including phenoxy) is 4. The Morgan fingerprint density at radius 1 is 0.879 bits per heavy atom. The van der Waals surface area contributed by atoms with Crippen LogP contribution in [0.25, 0.3) is 0 Å². The van der Waals surface area contributed by atoms with E-state index in [2.05, 4.69) is 14.5 Å². The van der Waals surface area contributed by atoms with Gasteiger partial charge in [-0.05, 0) is 62.7 Å². The van der Waals surface area contributed by atoms with Crippen LogP contribution in [-0.2, 0) is 11.2 Å². The van der Waals surface area contributed by atoms with Gasteiger partial charge in [-0.2, -0.15) is 0 Å². The minimum Gasteiger partial charge on any atom is -0.457 e. The molecule has 0 saturated carbocycles. The molecule has 0 spiro atoms. The Kier molecular flexibility index (Phi) is 7.10. The van der Waals surface area contributed by atoms with E-state index in [9.17, 15) is 18.0 Å². The molecular weight excluding hydrogens is 439 g/mol. The van der Waals surface area contributed by atoms with Gasteiger partial charge in [0.1, 0.15) is 23.0 Å². The lowest BCUT2D eigenvalue weighted by atomic mass is 9.99. The van der Waals surface area contributed by atoms with Crippen LogP contribution in [-0.4, -0.2) is 24.6 Å². The minimum absolute atomic E-state index is 0.326. The average Bonchev–Trinajstić information content (AvgIpc) is 2.76. The predicted octanol–water partition coefficient (Wildman–Crippen LogP) is 6.43. The molecule has 0 atom stereocenters. The van der Waals surface area contributed by atoms with E-state index in [1.54, 1.807) is 12.1 Å². The standard InChI is InChI=1S/C24H22F3NO5/c1-14-15(2)28-16(3)21(22(14)32-23(29)30-4)13-17-5-7-18(8-6-17)31-19-9-11-20(12-10-19)33-24(25,26)27/h5-12H,13H2,1-4H3. The molecule has 2 aromatic carbocycles. The van der Waals surface area contributed by atoms with E-state index in [1.165, 1.54) is 31.4 Å².